The maximum absolute atomic E-state index is 13.5. The van der Waals surface area contributed by atoms with Gasteiger partial charge < -0.3 is 20.4 Å². The summed E-state index contributed by atoms with van der Waals surface area (Å²) in [6.45, 7) is 0.681. The van der Waals surface area contributed by atoms with Crippen LogP contribution in [0.1, 0.15) is 53.9 Å². The molecule has 7 nitrogen and oxygen atoms in total. The quantitative estimate of drug-likeness (QED) is 0.624. The Labute approximate surface area is 193 Å². The molecular formula is C26H30N2O5. The summed E-state index contributed by atoms with van der Waals surface area (Å²) in [5, 5.41) is 21.4. The molecule has 33 heavy (non-hydrogen) atoms. The third kappa shape index (κ3) is 5.09. The highest BCUT2D eigenvalue weighted by molar-refractivity contribution is 5.99. The molecule has 2 aromatic carbocycles. The van der Waals surface area contributed by atoms with Crippen LogP contribution in [0.3, 0.4) is 0 Å². The molecule has 1 saturated heterocycles. The van der Waals surface area contributed by atoms with Gasteiger partial charge in [-0.2, -0.15) is 0 Å². The number of aliphatic hydroxyl groups is 1. The first-order valence-corrected chi connectivity index (χ1v) is 11.6. The van der Waals surface area contributed by atoms with Crippen molar-refractivity contribution in [2.75, 3.05) is 18.5 Å². The van der Waals surface area contributed by atoms with E-state index in [2.05, 4.69) is 5.32 Å². The Hall–Kier alpha value is -3.19. The van der Waals surface area contributed by atoms with Crippen molar-refractivity contribution >= 4 is 23.5 Å². The molecule has 1 saturated carbocycles. The minimum Gasteiger partial charge on any atom is -0.478 e. The third-order valence-corrected chi connectivity index (χ3v) is 7.03. The number of hydrogen-bond acceptors (Lipinski definition) is 4. The van der Waals surface area contributed by atoms with Crippen LogP contribution in [-0.2, 0) is 9.59 Å². The average Bonchev–Trinajstić information content (AvgIpc) is 3.30. The Morgan fingerprint density at radius 1 is 0.909 bits per heavy atom. The van der Waals surface area contributed by atoms with E-state index in [4.69, 9.17) is 5.11 Å². The minimum atomic E-state index is -1.03. The zero-order chi connectivity index (χ0) is 23.4. The summed E-state index contributed by atoms with van der Waals surface area (Å²) in [6, 6.07) is 15.2. The fourth-order valence-electron chi connectivity index (χ4n) is 5.15. The van der Waals surface area contributed by atoms with Crippen LogP contribution in [0.4, 0.5) is 5.69 Å². The number of benzene rings is 2. The van der Waals surface area contributed by atoms with Crippen LogP contribution < -0.4 is 5.32 Å². The maximum atomic E-state index is 13.5. The lowest BCUT2D eigenvalue weighted by Crippen LogP contribution is -2.48. The van der Waals surface area contributed by atoms with Gasteiger partial charge in [0.05, 0.1) is 5.56 Å². The lowest BCUT2D eigenvalue weighted by Gasteiger charge is -2.33. The Morgan fingerprint density at radius 3 is 2.18 bits per heavy atom. The van der Waals surface area contributed by atoms with Gasteiger partial charge in [-0.1, -0.05) is 30.3 Å². The Balaban J connectivity index is 1.55. The molecule has 1 aliphatic carbocycles. The van der Waals surface area contributed by atoms with Crippen LogP contribution in [0.15, 0.2) is 54.6 Å². The first-order valence-electron chi connectivity index (χ1n) is 11.6. The van der Waals surface area contributed by atoms with Crippen molar-refractivity contribution in [3.63, 3.8) is 0 Å². The van der Waals surface area contributed by atoms with Gasteiger partial charge in [-0.3, -0.25) is 9.59 Å². The van der Waals surface area contributed by atoms with Crippen molar-refractivity contribution in [3.05, 3.63) is 65.7 Å². The van der Waals surface area contributed by atoms with Crippen molar-refractivity contribution in [3.8, 4) is 0 Å². The van der Waals surface area contributed by atoms with Gasteiger partial charge in [-0.15, -0.1) is 0 Å². The fraction of sp³-hybridized carbons (Fsp3) is 0.423. The van der Waals surface area contributed by atoms with E-state index in [1.54, 1.807) is 17.0 Å². The molecule has 2 atom stereocenters. The molecule has 1 aliphatic heterocycles. The number of carboxylic acids is 1. The van der Waals surface area contributed by atoms with E-state index >= 15 is 0 Å². The van der Waals surface area contributed by atoms with E-state index in [1.807, 2.05) is 30.3 Å². The Kier molecular flexibility index (Phi) is 7.08. The summed E-state index contributed by atoms with van der Waals surface area (Å²) in [4.78, 5) is 39.8. The number of nitrogens with one attached hydrogen (secondary N) is 1. The second kappa shape index (κ2) is 10.2. The van der Waals surface area contributed by atoms with E-state index in [0.717, 1.165) is 31.2 Å². The second-order valence-electron chi connectivity index (χ2n) is 9.05. The monoisotopic (exact) mass is 450 g/mol. The number of carboxylic acid groups (broad SMARTS) is 1. The van der Waals surface area contributed by atoms with Gasteiger partial charge in [0.2, 0.25) is 11.8 Å². The van der Waals surface area contributed by atoms with Crippen LogP contribution in [0, 0.1) is 11.8 Å². The standard InChI is InChI=1S/C26H30N2O5/c29-16-17-6-8-19(9-7-17)25(31)28-15-14-22(18-4-2-1-3-5-18)23(28)24(30)27-21-12-10-20(11-13-21)26(32)33/h1-5,10-13,17,19,22-23,29H,6-9,14-16H2,(H,27,30)(H,32,33)/t17-,19-,22?,23?. The molecule has 2 amide bonds. The molecule has 2 aliphatic rings. The molecule has 7 heteroatoms. The first-order chi connectivity index (χ1) is 16.0. The zero-order valence-electron chi connectivity index (χ0n) is 18.5. The average molecular weight is 451 g/mol. The highest BCUT2D eigenvalue weighted by Gasteiger charge is 2.44. The summed E-state index contributed by atoms with van der Waals surface area (Å²) in [5.41, 5.74) is 1.67. The van der Waals surface area contributed by atoms with Gasteiger partial charge in [0.25, 0.3) is 0 Å². The topological polar surface area (TPSA) is 107 Å². The summed E-state index contributed by atoms with van der Waals surface area (Å²) in [7, 11) is 0. The van der Waals surface area contributed by atoms with Gasteiger partial charge in [0.1, 0.15) is 6.04 Å². The molecule has 3 N–H and O–H groups in total. The molecule has 0 aromatic heterocycles. The van der Waals surface area contributed by atoms with Crippen LogP contribution in [0.2, 0.25) is 0 Å². The predicted molar refractivity (Wildman–Crippen MR) is 124 cm³/mol. The molecule has 2 unspecified atom stereocenters. The van der Waals surface area contributed by atoms with Crippen LogP contribution in [0.5, 0.6) is 0 Å². The normalized spacial score (nSPS) is 24.9. The van der Waals surface area contributed by atoms with Crippen LogP contribution >= 0.6 is 0 Å². The number of likely N-dealkylation sites (tertiary alicyclic amines) is 1. The summed E-state index contributed by atoms with van der Waals surface area (Å²) in [6.07, 6.45) is 3.84. The predicted octanol–water partition coefficient (Wildman–Crippen LogP) is 3.51. The Bertz CT molecular complexity index is 984. The minimum absolute atomic E-state index is 0.0196. The van der Waals surface area contributed by atoms with Crippen molar-refractivity contribution in [1.29, 1.82) is 0 Å². The molecule has 1 heterocycles. The first kappa shape index (κ1) is 23.0. The molecule has 2 fully saturated rings. The molecule has 0 bridgehead atoms. The number of nitrogens with zero attached hydrogens (tertiary/aromatic N) is 1. The molecule has 2 aromatic rings. The third-order valence-electron chi connectivity index (χ3n) is 7.03. The van der Waals surface area contributed by atoms with Gasteiger partial charge in [-0.25, -0.2) is 4.79 Å². The van der Waals surface area contributed by atoms with E-state index < -0.39 is 12.0 Å². The molecule has 174 valence electrons. The van der Waals surface area contributed by atoms with Crippen LogP contribution in [-0.4, -0.2) is 52.1 Å². The number of aromatic carboxylic acids is 1. The number of hydrogen-bond donors (Lipinski definition) is 3. The summed E-state index contributed by atoms with van der Waals surface area (Å²) in [5.74, 6) is -1.24. The smallest absolute Gasteiger partial charge is 0.335 e. The van der Waals surface area contributed by atoms with Crippen LogP contribution in [0.25, 0.3) is 0 Å². The van der Waals surface area contributed by atoms with Gasteiger partial charge in [0, 0.05) is 30.7 Å². The van der Waals surface area contributed by atoms with Crippen molar-refractivity contribution in [1.82, 2.24) is 4.90 Å². The highest BCUT2D eigenvalue weighted by Crippen LogP contribution is 2.37. The SMILES string of the molecule is O=C(O)c1ccc(NC(=O)C2C(c3ccccc3)CCN2C(=O)[C@H]2CC[C@H](CO)CC2)cc1. The lowest BCUT2D eigenvalue weighted by molar-refractivity contribution is -0.141. The van der Waals surface area contributed by atoms with Gasteiger partial charge >= 0.3 is 5.97 Å². The highest BCUT2D eigenvalue weighted by atomic mass is 16.4. The summed E-state index contributed by atoms with van der Waals surface area (Å²) >= 11 is 0. The van der Waals surface area contributed by atoms with Gasteiger partial charge in [0.15, 0.2) is 0 Å². The van der Waals surface area contributed by atoms with E-state index in [1.165, 1.54) is 12.1 Å². The fourth-order valence-corrected chi connectivity index (χ4v) is 5.15. The summed E-state index contributed by atoms with van der Waals surface area (Å²) < 4.78 is 0. The number of anilines is 1. The zero-order valence-corrected chi connectivity index (χ0v) is 18.5. The van der Waals surface area contributed by atoms with E-state index in [9.17, 15) is 19.5 Å². The molecule has 4 rings (SSSR count). The lowest BCUT2D eigenvalue weighted by atomic mass is 9.81. The van der Waals surface area contributed by atoms with E-state index in [-0.39, 0.29) is 41.7 Å². The molecular weight excluding hydrogens is 420 g/mol. The number of carbonyl (C=O) groups excluding carboxylic acids is 2. The van der Waals surface area contributed by atoms with Crippen molar-refractivity contribution in [2.24, 2.45) is 11.8 Å². The Morgan fingerprint density at radius 2 is 1.58 bits per heavy atom. The van der Waals surface area contributed by atoms with Crippen molar-refractivity contribution < 1.29 is 24.6 Å². The van der Waals surface area contributed by atoms with E-state index in [0.29, 0.717) is 18.7 Å². The van der Waals surface area contributed by atoms with Crippen molar-refractivity contribution in [2.45, 2.75) is 44.1 Å². The largest absolute Gasteiger partial charge is 0.478 e. The number of aliphatic hydroxyl groups excluding tert-OH is 1. The van der Waals surface area contributed by atoms with Gasteiger partial charge in [-0.05, 0) is 67.9 Å². The maximum Gasteiger partial charge on any atom is 0.335 e. The number of amides is 2. The second-order valence-corrected chi connectivity index (χ2v) is 9.05. The molecule has 0 radical (unpaired) electrons. The number of rotatable bonds is 6. The molecule has 0 spiro atoms. The number of carbonyl (C=O) groups is 3.